The van der Waals surface area contributed by atoms with E-state index in [1.54, 1.807) is 11.9 Å². The van der Waals surface area contributed by atoms with Crippen molar-refractivity contribution in [1.29, 1.82) is 0 Å². The number of carbonyl (C=O) groups is 1. The maximum absolute atomic E-state index is 12.0. The zero-order valence-corrected chi connectivity index (χ0v) is 11.8. The summed E-state index contributed by atoms with van der Waals surface area (Å²) in [7, 11) is 3.22. The maximum Gasteiger partial charge on any atom is 0.253 e. The van der Waals surface area contributed by atoms with Gasteiger partial charge in [-0.15, -0.1) is 0 Å². The highest BCUT2D eigenvalue weighted by Crippen LogP contribution is 2.47. The Morgan fingerprint density at radius 1 is 1.63 bits per heavy atom. The lowest BCUT2D eigenvalue weighted by Crippen LogP contribution is -2.41. The molecule has 1 aromatic rings. The van der Waals surface area contributed by atoms with Crippen LogP contribution in [0.4, 0.5) is 0 Å². The minimum absolute atomic E-state index is 0.122. The molecule has 1 heterocycles. The van der Waals surface area contributed by atoms with E-state index in [2.05, 4.69) is 6.92 Å². The van der Waals surface area contributed by atoms with Crippen LogP contribution in [0.3, 0.4) is 0 Å². The Bertz CT molecular complexity index is 440. The number of nitrogens with zero attached hydrogens (tertiary/aromatic N) is 1. The Kier molecular flexibility index (Phi) is 4.27. The molecule has 1 aliphatic carbocycles. The summed E-state index contributed by atoms with van der Waals surface area (Å²) in [6, 6.07) is 3.95. The summed E-state index contributed by atoms with van der Waals surface area (Å²) in [4.78, 5) is 13.6. The Labute approximate surface area is 113 Å². The van der Waals surface area contributed by atoms with E-state index in [1.165, 1.54) is 13.5 Å². The van der Waals surface area contributed by atoms with Gasteiger partial charge in [-0.2, -0.15) is 0 Å². The summed E-state index contributed by atoms with van der Waals surface area (Å²) >= 11 is 0. The molecule has 1 amide bonds. The van der Waals surface area contributed by atoms with E-state index in [1.807, 2.05) is 12.1 Å². The molecule has 1 aliphatic rings. The van der Waals surface area contributed by atoms with Crippen LogP contribution >= 0.6 is 0 Å². The van der Waals surface area contributed by atoms with E-state index in [9.17, 15) is 4.79 Å². The molecule has 0 saturated heterocycles. The quantitative estimate of drug-likeness (QED) is 0.843. The molecule has 3 atom stereocenters. The van der Waals surface area contributed by atoms with Crippen molar-refractivity contribution in [3.63, 3.8) is 0 Å². The summed E-state index contributed by atoms with van der Waals surface area (Å²) in [6.07, 6.45) is 0.614. The van der Waals surface area contributed by atoms with Crippen molar-refractivity contribution < 1.29 is 13.9 Å². The number of furan rings is 1. The second-order valence-corrected chi connectivity index (χ2v) is 5.28. The highest BCUT2D eigenvalue weighted by molar-refractivity contribution is 5.80. The van der Waals surface area contributed by atoms with Gasteiger partial charge in [0.2, 0.25) is 0 Å². The number of hydrogen-bond donors (Lipinski definition) is 1. The van der Waals surface area contributed by atoms with Gasteiger partial charge in [0.1, 0.15) is 17.6 Å². The van der Waals surface area contributed by atoms with Crippen molar-refractivity contribution in [2.24, 2.45) is 11.7 Å². The second-order valence-electron chi connectivity index (χ2n) is 5.28. The number of carbonyl (C=O) groups excluding carboxylic acids is 1. The fourth-order valence-electron chi connectivity index (χ4n) is 2.25. The molecule has 106 valence electrons. The zero-order valence-electron chi connectivity index (χ0n) is 11.8. The van der Waals surface area contributed by atoms with Crippen LogP contribution in [0.1, 0.15) is 30.8 Å². The van der Waals surface area contributed by atoms with Gasteiger partial charge in [0.25, 0.3) is 5.91 Å². The molecule has 19 heavy (non-hydrogen) atoms. The first-order valence-electron chi connectivity index (χ1n) is 6.63. The first-order chi connectivity index (χ1) is 9.06. The minimum atomic E-state index is -0.581. The van der Waals surface area contributed by atoms with Gasteiger partial charge in [-0.05, 0) is 24.5 Å². The number of rotatable bonds is 6. The summed E-state index contributed by atoms with van der Waals surface area (Å²) < 4.78 is 10.8. The summed E-state index contributed by atoms with van der Waals surface area (Å²) in [6.45, 7) is 2.84. The van der Waals surface area contributed by atoms with Crippen molar-refractivity contribution in [1.82, 2.24) is 4.90 Å². The average molecular weight is 266 g/mol. The Morgan fingerprint density at radius 2 is 2.32 bits per heavy atom. The van der Waals surface area contributed by atoms with Crippen LogP contribution < -0.4 is 5.73 Å². The lowest BCUT2D eigenvalue weighted by atomic mass is 10.2. The van der Waals surface area contributed by atoms with Crippen molar-refractivity contribution >= 4 is 5.91 Å². The SMILES string of the molecule is COC(CN)C(=O)N(C)Cc1ccc(C2CC2C)o1. The highest BCUT2D eigenvalue weighted by atomic mass is 16.5. The largest absolute Gasteiger partial charge is 0.464 e. The molecule has 0 bridgehead atoms. The second kappa shape index (κ2) is 5.75. The van der Waals surface area contributed by atoms with Crippen molar-refractivity contribution in [3.05, 3.63) is 23.7 Å². The van der Waals surface area contributed by atoms with E-state index in [0.717, 1.165) is 11.5 Å². The molecule has 1 fully saturated rings. The van der Waals surface area contributed by atoms with Crippen LogP contribution in [0.2, 0.25) is 0 Å². The summed E-state index contributed by atoms with van der Waals surface area (Å²) in [5, 5.41) is 0. The molecule has 5 nitrogen and oxygen atoms in total. The van der Waals surface area contributed by atoms with Crippen LogP contribution in [0.25, 0.3) is 0 Å². The van der Waals surface area contributed by atoms with Gasteiger partial charge in [0.05, 0.1) is 6.54 Å². The van der Waals surface area contributed by atoms with Crippen molar-refractivity contribution in [2.45, 2.75) is 31.9 Å². The molecule has 0 spiro atoms. The Morgan fingerprint density at radius 3 is 2.84 bits per heavy atom. The first kappa shape index (κ1) is 14.1. The van der Waals surface area contributed by atoms with Gasteiger partial charge in [0.15, 0.2) is 0 Å². The van der Waals surface area contributed by atoms with E-state index in [-0.39, 0.29) is 12.5 Å². The zero-order chi connectivity index (χ0) is 14.0. The lowest BCUT2D eigenvalue weighted by Gasteiger charge is -2.20. The summed E-state index contributed by atoms with van der Waals surface area (Å²) in [5.41, 5.74) is 5.49. The molecule has 1 aromatic heterocycles. The molecule has 2 N–H and O–H groups in total. The molecule has 0 aliphatic heterocycles. The minimum Gasteiger partial charge on any atom is -0.464 e. The normalized spacial score (nSPS) is 23.2. The van der Waals surface area contributed by atoms with E-state index in [4.69, 9.17) is 14.9 Å². The summed E-state index contributed by atoms with van der Waals surface area (Å²) in [5.74, 6) is 2.99. The molecule has 0 radical (unpaired) electrons. The maximum atomic E-state index is 12.0. The number of hydrogen-bond acceptors (Lipinski definition) is 4. The van der Waals surface area contributed by atoms with Gasteiger partial charge in [0, 0.05) is 26.6 Å². The lowest BCUT2D eigenvalue weighted by molar-refractivity contribution is -0.140. The average Bonchev–Trinajstić information content (AvgIpc) is 2.94. The van der Waals surface area contributed by atoms with Crippen molar-refractivity contribution in [2.75, 3.05) is 20.7 Å². The van der Waals surface area contributed by atoms with Gasteiger partial charge < -0.3 is 19.8 Å². The van der Waals surface area contributed by atoms with Gasteiger partial charge >= 0.3 is 0 Å². The van der Waals surface area contributed by atoms with Gasteiger partial charge in [-0.3, -0.25) is 4.79 Å². The van der Waals surface area contributed by atoms with E-state index < -0.39 is 6.10 Å². The van der Waals surface area contributed by atoms with E-state index >= 15 is 0 Å². The van der Waals surface area contributed by atoms with Gasteiger partial charge in [-0.1, -0.05) is 6.92 Å². The molecular formula is C14H22N2O3. The smallest absolute Gasteiger partial charge is 0.253 e. The van der Waals surface area contributed by atoms with Crippen LogP contribution in [0.15, 0.2) is 16.5 Å². The Hall–Kier alpha value is -1.33. The predicted molar refractivity (Wildman–Crippen MR) is 71.6 cm³/mol. The molecule has 2 rings (SSSR count). The third-order valence-electron chi connectivity index (χ3n) is 3.70. The molecular weight excluding hydrogens is 244 g/mol. The molecule has 0 aromatic carbocycles. The van der Waals surface area contributed by atoms with Crippen LogP contribution in [0, 0.1) is 5.92 Å². The fraction of sp³-hybridized carbons (Fsp3) is 0.643. The van der Waals surface area contributed by atoms with Crippen LogP contribution in [-0.4, -0.2) is 37.6 Å². The van der Waals surface area contributed by atoms with Crippen LogP contribution in [-0.2, 0) is 16.1 Å². The third kappa shape index (κ3) is 3.16. The topological polar surface area (TPSA) is 68.7 Å². The molecule has 3 unspecified atom stereocenters. The predicted octanol–water partition coefficient (Wildman–Crippen LogP) is 1.34. The number of nitrogens with two attached hydrogens (primary N) is 1. The third-order valence-corrected chi connectivity index (χ3v) is 3.70. The number of likely N-dealkylation sites (N-methyl/N-ethyl adjacent to an activating group) is 1. The van der Waals surface area contributed by atoms with Gasteiger partial charge in [-0.25, -0.2) is 0 Å². The first-order valence-corrected chi connectivity index (χ1v) is 6.63. The number of amides is 1. The van der Waals surface area contributed by atoms with Crippen LogP contribution in [0.5, 0.6) is 0 Å². The number of methoxy groups -OCH3 is 1. The fourth-order valence-corrected chi connectivity index (χ4v) is 2.25. The number of ether oxygens (including phenoxy) is 1. The Balaban J connectivity index is 1.93. The highest BCUT2D eigenvalue weighted by Gasteiger charge is 2.36. The van der Waals surface area contributed by atoms with E-state index in [0.29, 0.717) is 18.4 Å². The molecule has 5 heteroatoms. The molecule has 1 saturated carbocycles. The monoisotopic (exact) mass is 266 g/mol. The standard InChI is InChI=1S/C14H22N2O3/c1-9-6-11(9)12-5-4-10(19-12)8-16(2)14(17)13(7-15)18-3/h4-5,9,11,13H,6-8,15H2,1-3H3. The van der Waals surface area contributed by atoms with Crippen molar-refractivity contribution in [3.8, 4) is 0 Å².